The molecule has 248 valence electrons. The molecule has 0 heteroatoms. The Bertz CT molecular complexity index is 1590. The molecule has 0 aliphatic carbocycles. The lowest BCUT2D eigenvalue weighted by Gasteiger charge is -2.14. The highest BCUT2D eigenvalue weighted by Crippen LogP contribution is 2.34. The van der Waals surface area contributed by atoms with Crippen molar-refractivity contribution in [1.29, 1.82) is 0 Å². The molecule has 3 aromatic rings. The maximum atomic E-state index is 4.29. The van der Waals surface area contributed by atoms with E-state index in [2.05, 4.69) is 137 Å². The van der Waals surface area contributed by atoms with Crippen LogP contribution in [0.5, 0.6) is 0 Å². The van der Waals surface area contributed by atoms with E-state index < -0.39 is 0 Å². The van der Waals surface area contributed by atoms with Gasteiger partial charge in [-0.25, -0.2) is 0 Å². The van der Waals surface area contributed by atoms with Gasteiger partial charge in [0.2, 0.25) is 0 Å². The first-order chi connectivity index (χ1) is 22.9. The van der Waals surface area contributed by atoms with Crippen molar-refractivity contribution < 1.29 is 0 Å². The maximum absolute atomic E-state index is 4.29. The number of hydrogen-bond acceptors (Lipinski definition) is 0. The molecule has 0 aromatic heterocycles. The molecule has 3 aromatic carbocycles. The van der Waals surface area contributed by atoms with Crippen LogP contribution in [0.25, 0.3) is 39.0 Å². The van der Waals surface area contributed by atoms with Crippen LogP contribution in [0.2, 0.25) is 0 Å². The first-order valence-corrected chi connectivity index (χ1v) is 17.2. The lowest BCUT2D eigenvalue weighted by Crippen LogP contribution is -1.91. The molecule has 0 fully saturated rings. The van der Waals surface area contributed by atoms with Crippen LogP contribution in [0.4, 0.5) is 0 Å². The summed E-state index contributed by atoms with van der Waals surface area (Å²) in [6, 6.07) is 24.2. The summed E-state index contributed by atoms with van der Waals surface area (Å²) in [6.07, 6.45) is 19.3. The minimum Gasteiger partial charge on any atom is -0.0991 e. The van der Waals surface area contributed by atoms with E-state index in [1.807, 2.05) is 73.6 Å². The summed E-state index contributed by atoms with van der Waals surface area (Å²) in [5.41, 5.74) is 13.4. The molecule has 0 aliphatic heterocycles. The van der Waals surface area contributed by atoms with Crippen LogP contribution in [0.3, 0.4) is 0 Å². The number of rotatable bonds is 12. The van der Waals surface area contributed by atoms with Crippen molar-refractivity contribution in [3.63, 3.8) is 0 Å². The minimum absolute atomic E-state index is 0.931. The van der Waals surface area contributed by atoms with Gasteiger partial charge in [0.15, 0.2) is 0 Å². The fourth-order valence-corrected chi connectivity index (χ4v) is 4.81. The molecule has 3 rings (SSSR count). The lowest BCUT2D eigenvalue weighted by atomic mass is 9.90. The molecule has 0 saturated carbocycles. The summed E-state index contributed by atoms with van der Waals surface area (Å²) >= 11 is 0. The topological polar surface area (TPSA) is 0 Å². The molecular weight excluding hydrogens is 565 g/mol. The van der Waals surface area contributed by atoms with Gasteiger partial charge >= 0.3 is 0 Å². The number of allylic oxidation sites excluding steroid dienone is 14. The molecule has 0 unspecified atom stereocenters. The van der Waals surface area contributed by atoms with Gasteiger partial charge in [0.05, 0.1) is 0 Å². The van der Waals surface area contributed by atoms with E-state index in [4.69, 9.17) is 0 Å². The second-order valence-corrected chi connectivity index (χ2v) is 9.89. The van der Waals surface area contributed by atoms with Crippen LogP contribution in [0.15, 0.2) is 159 Å². The van der Waals surface area contributed by atoms with Crippen molar-refractivity contribution in [3.8, 4) is 22.3 Å². The molecular formula is C47H60. The van der Waals surface area contributed by atoms with Gasteiger partial charge in [-0.1, -0.05) is 160 Å². The Kier molecular flexibility index (Phi) is 22.1. The predicted octanol–water partition coefficient (Wildman–Crippen LogP) is 15.3. The summed E-state index contributed by atoms with van der Waals surface area (Å²) < 4.78 is 0. The molecule has 47 heavy (non-hydrogen) atoms. The van der Waals surface area contributed by atoms with Crippen LogP contribution >= 0.6 is 0 Å². The van der Waals surface area contributed by atoms with Crippen molar-refractivity contribution in [1.82, 2.24) is 0 Å². The summed E-state index contributed by atoms with van der Waals surface area (Å²) in [7, 11) is 0. The summed E-state index contributed by atoms with van der Waals surface area (Å²) in [5, 5.41) is 0. The molecule has 0 radical (unpaired) electrons. The Morgan fingerprint density at radius 3 is 1.55 bits per heavy atom. The van der Waals surface area contributed by atoms with E-state index in [1.54, 1.807) is 6.08 Å². The van der Waals surface area contributed by atoms with E-state index in [-0.39, 0.29) is 0 Å². The van der Waals surface area contributed by atoms with Crippen LogP contribution in [-0.4, -0.2) is 0 Å². The number of hydrogen-bond donors (Lipinski definition) is 0. The molecule has 0 spiro atoms. The largest absolute Gasteiger partial charge is 0.0991 e. The zero-order valence-corrected chi connectivity index (χ0v) is 31.1. The standard InChI is InChI=1S/C41H42.3C2H6/c1-9-17-30(7)31(8)24-33(14-6)39-27-40(37-22-15-20-35(25-37)32(12-4)13-5)29-41(28-39)38-23-16-21-36(26-38)34(18-10-2)19-11-3;3*1-2/h9-10,12-29H,1,4,6,8,11H2,2-3,5,7H3;3*1-2H3/b18-10-,30-17+,32-13+,33-24+,34-19+;;;. The molecule has 0 nitrogen and oxygen atoms in total. The fourth-order valence-electron chi connectivity index (χ4n) is 4.81. The third-order valence-electron chi connectivity index (χ3n) is 7.05. The van der Waals surface area contributed by atoms with Gasteiger partial charge in [0.25, 0.3) is 0 Å². The quantitative estimate of drug-likeness (QED) is 0.176. The van der Waals surface area contributed by atoms with Crippen LogP contribution in [-0.2, 0) is 0 Å². The second-order valence-electron chi connectivity index (χ2n) is 9.89. The van der Waals surface area contributed by atoms with Gasteiger partial charge in [-0.05, 0) is 130 Å². The summed E-state index contributed by atoms with van der Waals surface area (Å²) in [5.74, 6) is 0. The lowest BCUT2D eigenvalue weighted by molar-refractivity contribution is 1.23. The SMILES string of the molecule is C=C/C=C(\C)C(=C)/C=C(\C=C)c1cc(-c2cccc(/C(C=C)=C/C)c2)cc(-c2cccc(C(/C=C\C)=C/CC)c2)c1.CC.CC.CC. The van der Waals surface area contributed by atoms with Crippen molar-refractivity contribution >= 4 is 16.7 Å². The van der Waals surface area contributed by atoms with E-state index in [0.717, 1.165) is 56.5 Å². The van der Waals surface area contributed by atoms with Gasteiger partial charge in [-0.3, -0.25) is 0 Å². The predicted molar refractivity (Wildman–Crippen MR) is 220 cm³/mol. The third kappa shape index (κ3) is 12.9. The minimum atomic E-state index is 0.931. The van der Waals surface area contributed by atoms with Crippen LogP contribution in [0.1, 0.15) is 92.3 Å². The van der Waals surface area contributed by atoms with Crippen LogP contribution in [0, 0.1) is 0 Å². The Hall–Kier alpha value is -4.68. The first-order valence-electron chi connectivity index (χ1n) is 17.2. The van der Waals surface area contributed by atoms with E-state index >= 15 is 0 Å². The Balaban J connectivity index is 0.00000333. The Labute approximate surface area is 289 Å². The molecule has 0 atom stereocenters. The summed E-state index contributed by atoms with van der Waals surface area (Å²) in [4.78, 5) is 0. The van der Waals surface area contributed by atoms with E-state index in [1.165, 1.54) is 16.7 Å². The van der Waals surface area contributed by atoms with Crippen molar-refractivity contribution in [2.75, 3.05) is 0 Å². The van der Waals surface area contributed by atoms with E-state index in [0.29, 0.717) is 0 Å². The monoisotopic (exact) mass is 624 g/mol. The van der Waals surface area contributed by atoms with Gasteiger partial charge in [-0.2, -0.15) is 0 Å². The zero-order chi connectivity index (χ0) is 35.8. The molecule has 0 saturated heterocycles. The zero-order valence-electron chi connectivity index (χ0n) is 31.1. The van der Waals surface area contributed by atoms with Crippen molar-refractivity contribution in [3.05, 3.63) is 176 Å². The van der Waals surface area contributed by atoms with Gasteiger partial charge in [0.1, 0.15) is 0 Å². The third-order valence-corrected chi connectivity index (χ3v) is 7.05. The van der Waals surface area contributed by atoms with Crippen molar-refractivity contribution in [2.24, 2.45) is 0 Å². The normalized spacial score (nSPS) is 11.6. The average molecular weight is 625 g/mol. The Morgan fingerprint density at radius 2 is 1.13 bits per heavy atom. The second kappa shape index (κ2) is 24.5. The molecule has 0 bridgehead atoms. The highest BCUT2D eigenvalue weighted by Gasteiger charge is 2.11. The fraction of sp³-hybridized carbons (Fsp3) is 0.234. The molecule has 0 N–H and O–H groups in total. The molecule has 0 heterocycles. The highest BCUT2D eigenvalue weighted by molar-refractivity contribution is 5.86. The molecule has 0 amide bonds. The van der Waals surface area contributed by atoms with Crippen molar-refractivity contribution in [2.45, 2.75) is 75.7 Å². The Morgan fingerprint density at radius 1 is 0.638 bits per heavy atom. The average Bonchev–Trinajstić information content (AvgIpc) is 3.13. The highest BCUT2D eigenvalue weighted by atomic mass is 14.1. The van der Waals surface area contributed by atoms with E-state index in [9.17, 15) is 0 Å². The van der Waals surface area contributed by atoms with Gasteiger partial charge < -0.3 is 0 Å². The van der Waals surface area contributed by atoms with Crippen LogP contribution < -0.4 is 0 Å². The van der Waals surface area contributed by atoms with Gasteiger partial charge in [0, 0.05) is 0 Å². The molecule has 0 aliphatic rings. The number of benzene rings is 3. The van der Waals surface area contributed by atoms with Gasteiger partial charge in [-0.15, -0.1) is 0 Å². The summed E-state index contributed by atoms with van der Waals surface area (Å²) in [6.45, 7) is 36.6. The maximum Gasteiger partial charge on any atom is -0.0171 e. The smallest absolute Gasteiger partial charge is 0.0171 e. The first kappa shape index (κ1) is 42.3.